The molecule has 2 rings (SSSR count). The van der Waals surface area contributed by atoms with E-state index in [2.05, 4.69) is 45.0 Å². The predicted molar refractivity (Wildman–Crippen MR) is 74.0 cm³/mol. The Hall–Kier alpha value is -0.820. The van der Waals surface area contributed by atoms with Crippen LogP contribution in [0.1, 0.15) is 44.2 Å². The van der Waals surface area contributed by atoms with Crippen molar-refractivity contribution in [2.24, 2.45) is 17.1 Å². The summed E-state index contributed by atoms with van der Waals surface area (Å²) in [5, 5.41) is 0. The number of benzene rings is 1. The first kappa shape index (κ1) is 12.6. The molecule has 1 fully saturated rings. The van der Waals surface area contributed by atoms with Crippen molar-refractivity contribution in [3.8, 4) is 0 Å². The smallest absolute Gasteiger partial charge is 0.0113 e. The summed E-state index contributed by atoms with van der Waals surface area (Å²) >= 11 is 0. The molecular weight excluding hydrogens is 206 g/mol. The molecule has 0 radical (unpaired) electrons. The molecule has 1 saturated carbocycles. The van der Waals surface area contributed by atoms with Crippen LogP contribution in [0.3, 0.4) is 0 Å². The summed E-state index contributed by atoms with van der Waals surface area (Å²) in [4.78, 5) is 0. The van der Waals surface area contributed by atoms with E-state index in [1.807, 2.05) is 0 Å². The lowest BCUT2D eigenvalue weighted by molar-refractivity contribution is 0.220. The first-order valence-electron chi connectivity index (χ1n) is 6.81. The van der Waals surface area contributed by atoms with Gasteiger partial charge in [0.15, 0.2) is 0 Å². The Balaban J connectivity index is 2.07. The minimum atomic E-state index is 0.314. The van der Waals surface area contributed by atoms with Gasteiger partial charge in [0.25, 0.3) is 0 Å². The molecule has 0 spiro atoms. The van der Waals surface area contributed by atoms with Crippen molar-refractivity contribution in [1.29, 1.82) is 0 Å². The zero-order valence-corrected chi connectivity index (χ0v) is 11.4. The third-order valence-electron chi connectivity index (χ3n) is 4.57. The van der Waals surface area contributed by atoms with E-state index in [0.717, 1.165) is 6.42 Å². The quantitative estimate of drug-likeness (QED) is 0.843. The van der Waals surface area contributed by atoms with Crippen molar-refractivity contribution in [2.75, 3.05) is 0 Å². The molecule has 1 aliphatic rings. The van der Waals surface area contributed by atoms with E-state index >= 15 is 0 Å². The summed E-state index contributed by atoms with van der Waals surface area (Å²) in [7, 11) is 0. The number of hydrogen-bond acceptors (Lipinski definition) is 1. The minimum Gasteiger partial charge on any atom is -0.327 e. The second-order valence-corrected chi connectivity index (χ2v) is 6.28. The lowest BCUT2D eigenvalue weighted by Crippen LogP contribution is -2.38. The lowest BCUT2D eigenvalue weighted by Gasteiger charge is -2.32. The predicted octanol–water partition coefficient (Wildman–Crippen LogP) is 3.69. The van der Waals surface area contributed by atoms with E-state index in [4.69, 9.17) is 5.73 Å². The van der Waals surface area contributed by atoms with Crippen molar-refractivity contribution < 1.29 is 0 Å². The van der Waals surface area contributed by atoms with Crippen molar-refractivity contribution in [2.45, 2.75) is 52.5 Å². The van der Waals surface area contributed by atoms with Gasteiger partial charge in [0.05, 0.1) is 0 Å². The summed E-state index contributed by atoms with van der Waals surface area (Å²) in [5.74, 6) is 0.683. The van der Waals surface area contributed by atoms with Gasteiger partial charge in [-0.25, -0.2) is 0 Å². The number of aryl methyl sites for hydroxylation is 1. The fraction of sp³-hybridized carbons (Fsp3) is 0.625. The summed E-state index contributed by atoms with van der Waals surface area (Å²) in [6, 6.07) is 8.94. The molecule has 0 aromatic heterocycles. The monoisotopic (exact) mass is 231 g/mol. The van der Waals surface area contributed by atoms with Crippen molar-refractivity contribution >= 4 is 0 Å². The molecule has 2 atom stereocenters. The van der Waals surface area contributed by atoms with Crippen molar-refractivity contribution in [3.05, 3.63) is 35.4 Å². The average Bonchev–Trinajstić information content (AvgIpc) is 2.61. The highest BCUT2D eigenvalue weighted by atomic mass is 14.7. The van der Waals surface area contributed by atoms with Crippen LogP contribution in [0.2, 0.25) is 0 Å². The fourth-order valence-electron chi connectivity index (χ4n) is 3.38. The largest absolute Gasteiger partial charge is 0.327 e. The molecule has 94 valence electrons. The number of hydrogen-bond donors (Lipinski definition) is 1. The SMILES string of the molecule is Cc1ccccc1CC(N)C1CCCC1(C)C. The van der Waals surface area contributed by atoms with Crippen molar-refractivity contribution in [3.63, 3.8) is 0 Å². The second kappa shape index (κ2) is 4.81. The molecule has 1 heteroatoms. The summed E-state index contributed by atoms with van der Waals surface area (Å²) in [6.45, 7) is 6.94. The zero-order valence-electron chi connectivity index (χ0n) is 11.4. The molecule has 0 amide bonds. The maximum Gasteiger partial charge on any atom is 0.0113 e. The van der Waals surface area contributed by atoms with Gasteiger partial charge >= 0.3 is 0 Å². The van der Waals surface area contributed by atoms with Gasteiger partial charge in [-0.1, -0.05) is 44.5 Å². The molecule has 1 aliphatic carbocycles. The number of nitrogens with two attached hydrogens (primary N) is 1. The van der Waals surface area contributed by atoms with Gasteiger partial charge in [0, 0.05) is 6.04 Å². The van der Waals surface area contributed by atoms with Crippen LogP contribution in [-0.2, 0) is 6.42 Å². The van der Waals surface area contributed by atoms with Crippen LogP contribution in [0.25, 0.3) is 0 Å². The van der Waals surface area contributed by atoms with Gasteiger partial charge in [-0.05, 0) is 48.6 Å². The van der Waals surface area contributed by atoms with Crippen LogP contribution in [0.5, 0.6) is 0 Å². The standard InChI is InChI=1S/C16H25N/c1-12-7-4-5-8-13(12)11-15(17)14-9-6-10-16(14,2)3/h4-5,7-8,14-15H,6,9-11,17H2,1-3H3. The topological polar surface area (TPSA) is 26.0 Å². The average molecular weight is 231 g/mol. The number of rotatable bonds is 3. The van der Waals surface area contributed by atoms with Gasteiger partial charge in [0.2, 0.25) is 0 Å². The highest BCUT2D eigenvalue weighted by Gasteiger charge is 2.37. The van der Waals surface area contributed by atoms with Crippen LogP contribution in [0.15, 0.2) is 24.3 Å². The molecule has 17 heavy (non-hydrogen) atoms. The van der Waals surface area contributed by atoms with E-state index in [1.165, 1.54) is 30.4 Å². The minimum absolute atomic E-state index is 0.314. The van der Waals surface area contributed by atoms with E-state index < -0.39 is 0 Å². The Morgan fingerprint density at radius 2 is 2.06 bits per heavy atom. The Bertz CT molecular complexity index is 381. The van der Waals surface area contributed by atoms with Crippen molar-refractivity contribution in [1.82, 2.24) is 0 Å². The second-order valence-electron chi connectivity index (χ2n) is 6.28. The summed E-state index contributed by atoms with van der Waals surface area (Å²) < 4.78 is 0. The van der Waals surface area contributed by atoms with Crippen LogP contribution in [0, 0.1) is 18.3 Å². The third-order valence-corrected chi connectivity index (χ3v) is 4.57. The summed E-state index contributed by atoms with van der Waals surface area (Å²) in [5.41, 5.74) is 9.68. The van der Waals surface area contributed by atoms with Crippen LogP contribution >= 0.6 is 0 Å². The fourth-order valence-corrected chi connectivity index (χ4v) is 3.38. The Kier molecular flexibility index (Phi) is 3.58. The molecule has 0 saturated heterocycles. The van der Waals surface area contributed by atoms with Gasteiger partial charge in [0.1, 0.15) is 0 Å². The molecule has 0 bridgehead atoms. The Morgan fingerprint density at radius 3 is 2.65 bits per heavy atom. The first-order chi connectivity index (χ1) is 8.00. The summed E-state index contributed by atoms with van der Waals surface area (Å²) in [6.07, 6.45) is 5.01. The van der Waals surface area contributed by atoms with E-state index in [9.17, 15) is 0 Å². The lowest BCUT2D eigenvalue weighted by atomic mass is 9.76. The molecule has 1 aromatic carbocycles. The maximum atomic E-state index is 6.46. The van der Waals surface area contributed by atoms with Crippen LogP contribution in [-0.4, -0.2) is 6.04 Å². The molecule has 0 aliphatic heterocycles. The normalized spacial score (nSPS) is 24.8. The van der Waals surface area contributed by atoms with E-state index in [1.54, 1.807) is 0 Å². The van der Waals surface area contributed by atoms with Crippen LogP contribution < -0.4 is 5.73 Å². The Morgan fingerprint density at radius 1 is 1.35 bits per heavy atom. The molecule has 2 unspecified atom stereocenters. The molecule has 1 nitrogen and oxygen atoms in total. The molecular formula is C16H25N. The van der Waals surface area contributed by atoms with Gasteiger partial charge in [-0.3, -0.25) is 0 Å². The Labute approximate surface area is 105 Å². The highest BCUT2D eigenvalue weighted by Crippen LogP contribution is 2.44. The highest BCUT2D eigenvalue weighted by molar-refractivity contribution is 5.26. The van der Waals surface area contributed by atoms with Gasteiger partial charge in [-0.15, -0.1) is 0 Å². The first-order valence-corrected chi connectivity index (χ1v) is 6.81. The van der Waals surface area contributed by atoms with E-state index in [0.29, 0.717) is 17.4 Å². The van der Waals surface area contributed by atoms with Gasteiger partial charge < -0.3 is 5.73 Å². The van der Waals surface area contributed by atoms with Crippen LogP contribution in [0.4, 0.5) is 0 Å². The molecule has 0 heterocycles. The van der Waals surface area contributed by atoms with E-state index in [-0.39, 0.29) is 0 Å². The zero-order chi connectivity index (χ0) is 12.5. The molecule has 1 aromatic rings. The van der Waals surface area contributed by atoms with Gasteiger partial charge in [-0.2, -0.15) is 0 Å². The molecule has 2 N–H and O–H groups in total. The maximum absolute atomic E-state index is 6.46. The third kappa shape index (κ3) is 2.71.